The van der Waals surface area contributed by atoms with Crippen LogP contribution in [0, 0.1) is 0 Å². The number of rotatable bonds is 8. The van der Waals surface area contributed by atoms with Gasteiger partial charge in [-0.15, -0.1) is 0 Å². The average molecular weight is 346 g/mol. The number of hydrogen-bond donors (Lipinski definition) is 2. The number of ketones is 2. The van der Waals surface area contributed by atoms with Crippen LogP contribution < -0.4 is 11.5 Å². The zero-order chi connectivity index (χ0) is 18.8. The Morgan fingerprint density at radius 2 is 0.962 bits per heavy atom. The summed E-state index contributed by atoms with van der Waals surface area (Å²) < 4.78 is 0. The van der Waals surface area contributed by atoms with E-state index in [2.05, 4.69) is 0 Å². The SMILES string of the molecule is NCC(=O)c1ccc(/C=C/C=C/C=C/c2ccc(C(=O)CN)cc2)cc1. The number of carbonyl (C=O) groups is 2. The van der Waals surface area contributed by atoms with Gasteiger partial charge in [0.05, 0.1) is 13.1 Å². The summed E-state index contributed by atoms with van der Waals surface area (Å²) >= 11 is 0. The molecule has 132 valence electrons. The van der Waals surface area contributed by atoms with Crippen molar-refractivity contribution in [3.05, 3.63) is 95.1 Å². The van der Waals surface area contributed by atoms with Gasteiger partial charge < -0.3 is 11.5 Å². The van der Waals surface area contributed by atoms with Gasteiger partial charge >= 0.3 is 0 Å². The molecule has 0 saturated carbocycles. The van der Waals surface area contributed by atoms with Crippen molar-refractivity contribution in [2.75, 3.05) is 13.1 Å². The van der Waals surface area contributed by atoms with Crippen molar-refractivity contribution in [2.45, 2.75) is 0 Å². The van der Waals surface area contributed by atoms with E-state index in [-0.39, 0.29) is 24.7 Å². The first kappa shape index (κ1) is 19.2. The number of hydrogen-bond acceptors (Lipinski definition) is 4. The van der Waals surface area contributed by atoms with Crippen LogP contribution in [0.3, 0.4) is 0 Å². The summed E-state index contributed by atoms with van der Waals surface area (Å²) in [5, 5.41) is 0. The van der Waals surface area contributed by atoms with Crippen molar-refractivity contribution < 1.29 is 9.59 Å². The lowest BCUT2D eigenvalue weighted by molar-refractivity contribution is 0.0993. The lowest BCUT2D eigenvalue weighted by Gasteiger charge is -1.98. The highest BCUT2D eigenvalue weighted by molar-refractivity contribution is 5.98. The lowest BCUT2D eigenvalue weighted by atomic mass is 10.1. The van der Waals surface area contributed by atoms with Crippen LogP contribution in [0.15, 0.2) is 72.8 Å². The van der Waals surface area contributed by atoms with E-state index in [0.717, 1.165) is 11.1 Å². The fourth-order valence-electron chi connectivity index (χ4n) is 2.26. The minimum absolute atomic E-state index is 0.0241. The Kier molecular flexibility index (Phi) is 7.43. The number of Topliss-reactive ketones (excluding diaryl/α,β-unsaturated/α-hetero) is 2. The van der Waals surface area contributed by atoms with Gasteiger partial charge in [-0.05, 0) is 11.1 Å². The van der Waals surface area contributed by atoms with Gasteiger partial charge in [-0.3, -0.25) is 9.59 Å². The Morgan fingerprint density at radius 1 is 0.615 bits per heavy atom. The molecule has 26 heavy (non-hydrogen) atoms. The summed E-state index contributed by atoms with van der Waals surface area (Å²) in [5.74, 6) is -0.128. The van der Waals surface area contributed by atoms with Gasteiger partial charge in [0.15, 0.2) is 11.6 Å². The molecule has 2 rings (SSSR count). The monoisotopic (exact) mass is 346 g/mol. The number of benzene rings is 2. The summed E-state index contributed by atoms with van der Waals surface area (Å²) in [4.78, 5) is 22.9. The zero-order valence-electron chi connectivity index (χ0n) is 14.5. The van der Waals surface area contributed by atoms with Gasteiger partial charge in [-0.1, -0.05) is 85.0 Å². The van der Waals surface area contributed by atoms with Gasteiger partial charge in [-0.25, -0.2) is 0 Å². The van der Waals surface area contributed by atoms with E-state index in [9.17, 15) is 9.59 Å². The molecule has 0 aliphatic rings. The molecule has 0 radical (unpaired) electrons. The van der Waals surface area contributed by atoms with Crippen LogP contribution >= 0.6 is 0 Å². The molecule has 0 spiro atoms. The van der Waals surface area contributed by atoms with E-state index >= 15 is 0 Å². The molecule has 2 aromatic carbocycles. The first-order chi connectivity index (χ1) is 12.6. The Morgan fingerprint density at radius 3 is 1.27 bits per heavy atom. The maximum Gasteiger partial charge on any atom is 0.176 e. The Balaban J connectivity index is 1.88. The minimum Gasteiger partial charge on any atom is -0.324 e. The van der Waals surface area contributed by atoms with Crippen LogP contribution in [0.5, 0.6) is 0 Å². The third-order valence-corrected chi connectivity index (χ3v) is 3.75. The quantitative estimate of drug-likeness (QED) is 0.567. The molecular weight excluding hydrogens is 324 g/mol. The Bertz CT molecular complexity index is 758. The van der Waals surface area contributed by atoms with Crippen molar-refractivity contribution in [2.24, 2.45) is 11.5 Å². The van der Waals surface area contributed by atoms with Crippen LogP contribution in [-0.2, 0) is 0 Å². The van der Waals surface area contributed by atoms with Crippen LogP contribution in [0.4, 0.5) is 0 Å². The summed E-state index contributed by atoms with van der Waals surface area (Å²) in [6.07, 6.45) is 11.6. The topological polar surface area (TPSA) is 86.2 Å². The average Bonchev–Trinajstić information content (AvgIpc) is 2.70. The number of carbonyl (C=O) groups excluding carboxylic acids is 2. The van der Waals surface area contributed by atoms with E-state index < -0.39 is 0 Å². The molecule has 0 aromatic heterocycles. The van der Waals surface area contributed by atoms with Crippen molar-refractivity contribution in [3.8, 4) is 0 Å². The predicted molar refractivity (Wildman–Crippen MR) is 107 cm³/mol. The van der Waals surface area contributed by atoms with E-state index in [4.69, 9.17) is 11.5 Å². The first-order valence-corrected chi connectivity index (χ1v) is 8.32. The normalized spacial score (nSPS) is 11.6. The van der Waals surface area contributed by atoms with Crippen molar-refractivity contribution >= 4 is 23.7 Å². The van der Waals surface area contributed by atoms with Gasteiger partial charge in [0.2, 0.25) is 0 Å². The highest BCUT2D eigenvalue weighted by atomic mass is 16.1. The molecule has 0 fully saturated rings. The van der Waals surface area contributed by atoms with Crippen LogP contribution in [-0.4, -0.2) is 24.7 Å². The van der Waals surface area contributed by atoms with Crippen molar-refractivity contribution in [1.29, 1.82) is 0 Å². The van der Waals surface area contributed by atoms with Crippen LogP contribution in [0.1, 0.15) is 31.8 Å². The predicted octanol–water partition coefficient (Wildman–Crippen LogP) is 3.25. The van der Waals surface area contributed by atoms with Crippen LogP contribution in [0.25, 0.3) is 12.2 Å². The third-order valence-electron chi connectivity index (χ3n) is 3.75. The smallest absolute Gasteiger partial charge is 0.176 e. The largest absolute Gasteiger partial charge is 0.324 e. The second-order valence-electron chi connectivity index (χ2n) is 5.60. The number of allylic oxidation sites excluding steroid dienone is 4. The maximum atomic E-state index is 11.5. The van der Waals surface area contributed by atoms with Crippen LogP contribution in [0.2, 0.25) is 0 Å². The lowest BCUT2D eigenvalue weighted by Crippen LogP contribution is -2.13. The zero-order valence-corrected chi connectivity index (χ0v) is 14.5. The molecule has 0 aliphatic heterocycles. The van der Waals surface area contributed by atoms with Crippen molar-refractivity contribution in [1.82, 2.24) is 0 Å². The van der Waals surface area contributed by atoms with Gasteiger partial charge in [0.1, 0.15) is 0 Å². The maximum absolute atomic E-state index is 11.5. The summed E-state index contributed by atoms with van der Waals surface area (Å²) in [6, 6.07) is 14.6. The van der Waals surface area contributed by atoms with E-state index in [1.165, 1.54) is 0 Å². The van der Waals surface area contributed by atoms with Crippen molar-refractivity contribution in [3.63, 3.8) is 0 Å². The Hall–Kier alpha value is -3.08. The first-order valence-electron chi connectivity index (χ1n) is 8.32. The van der Waals surface area contributed by atoms with E-state index in [0.29, 0.717) is 11.1 Å². The second-order valence-corrected chi connectivity index (χ2v) is 5.60. The third kappa shape index (κ3) is 5.77. The molecule has 0 unspecified atom stereocenters. The molecule has 0 atom stereocenters. The molecule has 4 heteroatoms. The second kappa shape index (κ2) is 10.0. The molecule has 4 N–H and O–H groups in total. The molecule has 4 nitrogen and oxygen atoms in total. The van der Waals surface area contributed by atoms with Gasteiger partial charge in [0, 0.05) is 11.1 Å². The molecule has 0 aliphatic carbocycles. The highest BCUT2D eigenvalue weighted by Gasteiger charge is 2.01. The molecular formula is C22H22N2O2. The van der Waals surface area contributed by atoms with Gasteiger partial charge in [0.25, 0.3) is 0 Å². The summed E-state index contributed by atoms with van der Waals surface area (Å²) in [6.45, 7) is 0.0482. The van der Waals surface area contributed by atoms with E-state index in [1.54, 1.807) is 24.3 Å². The molecule has 2 aromatic rings. The molecule has 0 saturated heterocycles. The molecule has 0 bridgehead atoms. The summed E-state index contributed by atoms with van der Waals surface area (Å²) in [7, 11) is 0. The summed E-state index contributed by atoms with van der Waals surface area (Å²) in [5.41, 5.74) is 13.9. The number of nitrogens with two attached hydrogens (primary N) is 2. The molecule has 0 heterocycles. The fourth-order valence-corrected chi connectivity index (χ4v) is 2.26. The standard InChI is InChI=1S/C22H22N2O2/c23-15-21(25)19-11-7-17(8-12-19)5-3-1-2-4-6-18-9-13-20(14-10-18)22(26)16-24/h1-14H,15-16,23-24H2/b2-1+,5-3+,6-4+. The Labute approximate surface area is 153 Å². The fraction of sp³-hybridized carbons (Fsp3) is 0.0909. The van der Waals surface area contributed by atoms with E-state index in [1.807, 2.05) is 60.7 Å². The molecule has 0 amide bonds. The van der Waals surface area contributed by atoms with Gasteiger partial charge in [-0.2, -0.15) is 0 Å². The highest BCUT2D eigenvalue weighted by Crippen LogP contribution is 2.08. The minimum atomic E-state index is -0.0639.